The fourth-order valence-electron chi connectivity index (χ4n) is 1.57. The molecule has 1 aliphatic heterocycles. The molecule has 98 valence electrons. The second kappa shape index (κ2) is 5.90. The van der Waals surface area contributed by atoms with Gasteiger partial charge < -0.3 is 5.11 Å². The fourth-order valence-corrected chi connectivity index (χ4v) is 3.21. The van der Waals surface area contributed by atoms with Crippen molar-refractivity contribution < 1.29 is 9.90 Å². The monoisotopic (exact) mass is 355 g/mol. The molecule has 1 saturated heterocycles. The Bertz CT molecular complexity index is 598. The molecule has 0 saturated carbocycles. The van der Waals surface area contributed by atoms with Crippen LogP contribution in [0.4, 0.5) is 0 Å². The van der Waals surface area contributed by atoms with E-state index in [1.165, 1.54) is 16.7 Å². The van der Waals surface area contributed by atoms with Crippen LogP contribution in [0.25, 0.3) is 6.08 Å². The lowest BCUT2D eigenvalue weighted by Crippen LogP contribution is -2.27. The summed E-state index contributed by atoms with van der Waals surface area (Å²) in [6.45, 7) is 3.99. The van der Waals surface area contributed by atoms with Gasteiger partial charge in [0.25, 0.3) is 5.91 Å². The van der Waals surface area contributed by atoms with Crippen LogP contribution in [0.15, 0.2) is 40.2 Å². The summed E-state index contributed by atoms with van der Waals surface area (Å²) >= 11 is 9.70. The molecule has 3 nitrogen and oxygen atoms in total. The SMILES string of the molecule is C=CCN1C(=O)C(=Cc2cc(Br)ccc2O)SC1=S. The first-order valence-corrected chi connectivity index (χ1v) is 7.39. The van der Waals surface area contributed by atoms with Crippen molar-refractivity contribution in [1.29, 1.82) is 0 Å². The number of thiocarbonyl (C=S) groups is 1. The molecule has 0 aliphatic carbocycles. The Kier molecular flexibility index (Phi) is 4.44. The fraction of sp³-hybridized carbons (Fsp3) is 0.0769. The van der Waals surface area contributed by atoms with Crippen molar-refractivity contribution in [2.45, 2.75) is 0 Å². The molecule has 0 unspecified atom stereocenters. The summed E-state index contributed by atoms with van der Waals surface area (Å²) in [6, 6.07) is 5.05. The molecule has 1 aromatic rings. The number of hydrogen-bond acceptors (Lipinski definition) is 4. The number of nitrogens with zero attached hydrogens (tertiary/aromatic N) is 1. The lowest BCUT2D eigenvalue weighted by Gasteiger charge is -2.10. The van der Waals surface area contributed by atoms with Gasteiger partial charge in [0, 0.05) is 16.6 Å². The number of carbonyl (C=O) groups is 1. The molecule has 0 spiro atoms. The molecule has 19 heavy (non-hydrogen) atoms. The molecule has 1 fully saturated rings. The zero-order valence-electron chi connectivity index (χ0n) is 9.80. The average molecular weight is 356 g/mol. The first-order valence-electron chi connectivity index (χ1n) is 5.37. The maximum absolute atomic E-state index is 12.1. The third-order valence-electron chi connectivity index (χ3n) is 2.46. The summed E-state index contributed by atoms with van der Waals surface area (Å²) in [5.74, 6) is -0.0357. The summed E-state index contributed by atoms with van der Waals surface area (Å²) in [6.07, 6.45) is 3.27. The number of phenolic OH excluding ortho intramolecular Hbond substituents is 1. The van der Waals surface area contributed by atoms with E-state index in [1.807, 2.05) is 0 Å². The number of carbonyl (C=O) groups excluding carboxylic acids is 1. The van der Waals surface area contributed by atoms with Crippen LogP contribution in [0.1, 0.15) is 5.56 Å². The van der Waals surface area contributed by atoms with E-state index < -0.39 is 0 Å². The summed E-state index contributed by atoms with van der Waals surface area (Å²) in [5, 5.41) is 9.77. The third kappa shape index (κ3) is 3.08. The summed E-state index contributed by atoms with van der Waals surface area (Å²) in [4.78, 5) is 14.1. The standard InChI is InChI=1S/C13H10BrNO2S2/c1-2-5-15-12(17)11(19-13(15)18)7-8-6-9(14)3-4-10(8)16/h2-4,6-7,16H,1,5H2. The van der Waals surface area contributed by atoms with E-state index in [0.29, 0.717) is 21.3 Å². The smallest absolute Gasteiger partial charge is 0.266 e. The Morgan fingerprint density at radius 1 is 1.53 bits per heavy atom. The number of hydrogen-bond donors (Lipinski definition) is 1. The van der Waals surface area contributed by atoms with E-state index in [2.05, 4.69) is 22.5 Å². The zero-order valence-corrected chi connectivity index (χ0v) is 13.0. The van der Waals surface area contributed by atoms with E-state index in [1.54, 1.807) is 30.4 Å². The van der Waals surface area contributed by atoms with E-state index in [-0.39, 0.29) is 11.7 Å². The van der Waals surface area contributed by atoms with Crippen LogP contribution in [0.3, 0.4) is 0 Å². The van der Waals surface area contributed by atoms with Gasteiger partial charge >= 0.3 is 0 Å². The van der Waals surface area contributed by atoms with Crippen molar-refractivity contribution in [3.8, 4) is 5.75 Å². The van der Waals surface area contributed by atoms with Crippen LogP contribution >= 0.6 is 39.9 Å². The molecule has 0 radical (unpaired) electrons. The molecule has 1 N–H and O–H groups in total. The minimum absolute atomic E-state index is 0.122. The van der Waals surface area contributed by atoms with Crippen molar-refractivity contribution in [2.75, 3.05) is 6.54 Å². The lowest BCUT2D eigenvalue weighted by atomic mass is 10.2. The van der Waals surface area contributed by atoms with Crippen molar-refractivity contribution >= 4 is 56.2 Å². The Morgan fingerprint density at radius 2 is 2.26 bits per heavy atom. The summed E-state index contributed by atoms with van der Waals surface area (Å²) in [7, 11) is 0. The van der Waals surface area contributed by atoms with Gasteiger partial charge in [-0.3, -0.25) is 9.69 Å². The van der Waals surface area contributed by atoms with Gasteiger partial charge in [-0.1, -0.05) is 46.0 Å². The third-order valence-corrected chi connectivity index (χ3v) is 4.33. The van der Waals surface area contributed by atoms with Gasteiger partial charge in [0.2, 0.25) is 0 Å². The number of aromatic hydroxyl groups is 1. The largest absolute Gasteiger partial charge is 0.507 e. The second-order valence-electron chi connectivity index (χ2n) is 3.78. The van der Waals surface area contributed by atoms with Crippen LogP contribution in [-0.4, -0.2) is 26.8 Å². The first-order chi connectivity index (χ1) is 9.02. The molecule has 1 aliphatic rings. The number of thioether (sulfide) groups is 1. The highest BCUT2D eigenvalue weighted by molar-refractivity contribution is 9.10. The predicted molar refractivity (Wildman–Crippen MR) is 85.9 cm³/mol. The van der Waals surface area contributed by atoms with E-state index in [4.69, 9.17) is 12.2 Å². The van der Waals surface area contributed by atoms with Gasteiger partial charge in [-0.05, 0) is 24.3 Å². The van der Waals surface area contributed by atoms with Gasteiger partial charge in [-0.15, -0.1) is 6.58 Å². The highest BCUT2D eigenvalue weighted by Crippen LogP contribution is 2.34. The summed E-state index contributed by atoms with van der Waals surface area (Å²) < 4.78 is 1.34. The Morgan fingerprint density at radius 3 is 2.95 bits per heavy atom. The minimum Gasteiger partial charge on any atom is -0.507 e. The molecule has 1 aromatic carbocycles. The van der Waals surface area contributed by atoms with E-state index >= 15 is 0 Å². The van der Waals surface area contributed by atoms with Crippen molar-refractivity contribution in [2.24, 2.45) is 0 Å². The number of halogens is 1. The molecule has 0 bridgehead atoms. The number of rotatable bonds is 3. The van der Waals surface area contributed by atoms with Gasteiger partial charge in [-0.25, -0.2) is 0 Å². The molecule has 2 rings (SSSR count). The Hall–Kier alpha value is -1.11. The van der Waals surface area contributed by atoms with E-state index in [9.17, 15) is 9.90 Å². The van der Waals surface area contributed by atoms with Gasteiger partial charge in [0.15, 0.2) is 0 Å². The Labute approximate surface area is 129 Å². The molecule has 1 heterocycles. The van der Waals surface area contributed by atoms with Crippen LogP contribution < -0.4 is 0 Å². The van der Waals surface area contributed by atoms with Gasteiger partial charge in [-0.2, -0.15) is 0 Å². The predicted octanol–water partition coefficient (Wildman–Crippen LogP) is 3.54. The number of phenols is 1. The molecule has 1 amide bonds. The van der Waals surface area contributed by atoms with Crippen molar-refractivity contribution in [3.05, 3.63) is 45.8 Å². The van der Waals surface area contributed by atoms with Gasteiger partial charge in [0.1, 0.15) is 10.1 Å². The Balaban J connectivity index is 2.34. The quantitative estimate of drug-likeness (QED) is 0.511. The highest BCUT2D eigenvalue weighted by Gasteiger charge is 2.31. The molecular formula is C13H10BrNO2S2. The first kappa shape index (κ1) is 14.3. The number of amides is 1. The van der Waals surface area contributed by atoms with Crippen LogP contribution in [0, 0.1) is 0 Å². The summed E-state index contributed by atoms with van der Waals surface area (Å²) in [5.41, 5.74) is 0.577. The van der Waals surface area contributed by atoms with Crippen LogP contribution in [0.2, 0.25) is 0 Å². The second-order valence-corrected chi connectivity index (χ2v) is 6.38. The average Bonchev–Trinajstić information content (AvgIpc) is 2.62. The van der Waals surface area contributed by atoms with E-state index in [0.717, 1.165) is 4.47 Å². The molecule has 6 heteroatoms. The maximum atomic E-state index is 12.1. The lowest BCUT2D eigenvalue weighted by molar-refractivity contribution is -0.121. The van der Waals surface area contributed by atoms with Gasteiger partial charge in [0.05, 0.1) is 4.91 Å². The topological polar surface area (TPSA) is 40.5 Å². The minimum atomic E-state index is -0.158. The number of benzene rings is 1. The van der Waals surface area contributed by atoms with Crippen LogP contribution in [0.5, 0.6) is 5.75 Å². The highest BCUT2D eigenvalue weighted by atomic mass is 79.9. The normalized spacial score (nSPS) is 17.3. The molecular weight excluding hydrogens is 346 g/mol. The maximum Gasteiger partial charge on any atom is 0.266 e. The van der Waals surface area contributed by atoms with Crippen LogP contribution in [-0.2, 0) is 4.79 Å². The van der Waals surface area contributed by atoms with Crippen molar-refractivity contribution in [3.63, 3.8) is 0 Å². The zero-order chi connectivity index (χ0) is 14.0. The van der Waals surface area contributed by atoms with Crippen molar-refractivity contribution in [1.82, 2.24) is 4.90 Å². The molecule has 0 aromatic heterocycles. The molecule has 0 atom stereocenters.